The van der Waals surface area contributed by atoms with Crippen molar-refractivity contribution in [3.63, 3.8) is 0 Å². The van der Waals surface area contributed by atoms with E-state index in [1.165, 1.54) is 32.1 Å². The van der Waals surface area contributed by atoms with Gasteiger partial charge in [0.05, 0.1) is 25.6 Å². The van der Waals surface area contributed by atoms with Gasteiger partial charge in [0.15, 0.2) is 0 Å². The van der Waals surface area contributed by atoms with Crippen molar-refractivity contribution in [1.29, 1.82) is 0 Å². The molecule has 0 aliphatic rings. The molecule has 0 fully saturated rings. The number of nitrogens with one attached hydrogen (secondary N) is 1. The molecular formula is C16H34N2O2. The van der Waals surface area contributed by atoms with Gasteiger partial charge in [0.25, 0.3) is 0 Å². The SMILES string of the molecule is CCCCCCCC(=NCCOCC)NCCOCC. The summed E-state index contributed by atoms with van der Waals surface area (Å²) in [6.45, 7) is 10.9. The topological polar surface area (TPSA) is 42.8 Å². The van der Waals surface area contributed by atoms with Crippen molar-refractivity contribution in [2.45, 2.75) is 59.3 Å². The van der Waals surface area contributed by atoms with Crippen LogP contribution in [0, 0.1) is 0 Å². The second kappa shape index (κ2) is 16.4. The van der Waals surface area contributed by atoms with Gasteiger partial charge < -0.3 is 14.8 Å². The monoisotopic (exact) mass is 286 g/mol. The summed E-state index contributed by atoms with van der Waals surface area (Å²) in [4.78, 5) is 4.60. The first-order valence-corrected chi connectivity index (χ1v) is 8.27. The summed E-state index contributed by atoms with van der Waals surface area (Å²) in [5, 5.41) is 3.39. The maximum Gasteiger partial charge on any atom is 0.0964 e. The lowest BCUT2D eigenvalue weighted by Gasteiger charge is -2.10. The van der Waals surface area contributed by atoms with Crippen LogP contribution in [0.3, 0.4) is 0 Å². The fourth-order valence-electron chi connectivity index (χ4n) is 1.92. The number of aliphatic imine (C=N–C) groups is 1. The molecule has 0 amide bonds. The Hall–Kier alpha value is -0.610. The van der Waals surface area contributed by atoms with Gasteiger partial charge in [-0.3, -0.25) is 4.99 Å². The van der Waals surface area contributed by atoms with Crippen LogP contribution in [0.1, 0.15) is 59.3 Å². The van der Waals surface area contributed by atoms with E-state index in [1.54, 1.807) is 0 Å². The highest BCUT2D eigenvalue weighted by Gasteiger charge is 1.99. The molecule has 20 heavy (non-hydrogen) atoms. The number of unbranched alkanes of at least 4 members (excludes halogenated alkanes) is 4. The van der Waals surface area contributed by atoms with Gasteiger partial charge in [-0.1, -0.05) is 32.6 Å². The fourth-order valence-corrected chi connectivity index (χ4v) is 1.92. The third-order valence-corrected chi connectivity index (χ3v) is 3.04. The summed E-state index contributed by atoms with van der Waals surface area (Å²) < 4.78 is 10.7. The van der Waals surface area contributed by atoms with Gasteiger partial charge in [-0.2, -0.15) is 0 Å². The molecular weight excluding hydrogens is 252 g/mol. The Balaban J connectivity index is 3.84. The molecule has 0 saturated carbocycles. The van der Waals surface area contributed by atoms with Gasteiger partial charge in [-0.25, -0.2) is 0 Å². The van der Waals surface area contributed by atoms with Gasteiger partial charge in [0.2, 0.25) is 0 Å². The Morgan fingerprint density at radius 2 is 1.60 bits per heavy atom. The lowest BCUT2D eigenvalue weighted by molar-refractivity contribution is 0.152. The van der Waals surface area contributed by atoms with E-state index >= 15 is 0 Å². The van der Waals surface area contributed by atoms with Gasteiger partial charge in [-0.05, 0) is 20.3 Å². The number of nitrogens with zero attached hydrogens (tertiary/aromatic N) is 1. The summed E-state index contributed by atoms with van der Waals surface area (Å²) >= 11 is 0. The normalized spacial score (nSPS) is 11.8. The van der Waals surface area contributed by atoms with Crippen molar-refractivity contribution in [1.82, 2.24) is 5.32 Å². The van der Waals surface area contributed by atoms with E-state index in [1.807, 2.05) is 13.8 Å². The highest BCUT2D eigenvalue weighted by Crippen LogP contribution is 2.05. The molecule has 0 unspecified atom stereocenters. The van der Waals surface area contributed by atoms with Crippen molar-refractivity contribution in [2.75, 3.05) is 39.5 Å². The number of hydrogen-bond acceptors (Lipinski definition) is 3. The Labute approximate surface area is 125 Å². The van der Waals surface area contributed by atoms with E-state index in [2.05, 4.69) is 17.2 Å². The molecule has 0 atom stereocenters. The van der Waals surface area contributed by atoms with E-state index in [-0.39, 0.29) is 0 Å². The minimum absolute atomic E-state index is 0.711. The lowest BCUT2D eigenvalue weighted by Crippen LogP contribution is -2.28. The zero-order valence-electron chi connectivity index (χ0n) is 13.7. The lowest BCUT2D eigenvalue weighted by atomic mass is 10.1. The molecule has 4 nitrogen and oxygen atoms in total. The first kappa shape index (κ1) is 19.4. The summed E-state index contributed by atoms with van der Waals surface area (Å²) in [6.07, 6.45) is 7.53. The number of hydrogen-bond donors (Lipinski definition) is 1. The van der Waals surface area contributed by atoms with Crippen LogP contribution in [0.25, 0.3) is 0 Å². The quantitative estimate of drug-likeness (QED) is 0.302. The minimum Gasteiger partial charge on any atom is -0.380 e. The molecule has 0 aliphatic heterocycles. The molecule has 0 aliphatic carbocycles. The minimum atomic E-state index is 0.711. The van der Waals surface area contributed by atoms with Gasteiger partial charge >= 0.3 is 0 Å². The average molecular weight is 286 g/mol. The van der Waals surface area contributed by atoms with Crippen LogP contribution < -0.4 is 5.32 Å². The Bertz CT molecular complexity index is 221. The number of ether oxygens (including phenoxy) is 2. The summed E-state index contributed by atoms with van der Waals surface area (Å²) in [5.41, 5.74) is 0. The fraction of sp³-hybridized carbons (Fsp3) is 0.938. The molecule has 0 bridgehead atoms. The number of amidine groups is 1. The van der Waals surface area contributed by atoms with E-state index < -0.39 is 0 Å². The first-order valence-electron chi connectivity index (χ1n) is 8.27. The van der Waals surface area contributed by atoms with Crippen LogP contribution in [0.4, 0.5) is 0 Å². The summed E-state index contributed by atoms with van der Waals surface area (Å²) in [5.74, 6) is 1.11. The second-order valence-electron chi connectivity index (χ2n) is 4.81. The van der Waals surface area contributed by atoms with Crippen LogP contribution in [0.2, 0.25) is 0 Å². The maximum absolute atomic E-state index is 5.34. The van der Waals surface area contributed by atoms with Gasteiger partial charge in [0.1, 0.15) is 0 Å². The Kier molecular flexibility index (Phi) is 15.9. The molecule has 4 heteroatoms. The van der Waals surface area contributed by atoms with Crippen molar-refractivity contribution < 1.29 is 9.47 Å². The van der Waals surface area contributed by atoms with Crippen molar-refractivity contribution in [3.8, 4) is 0 Å². The van der Waals surface area contributed by atoms with E-state index in [4.69, 9.17) is 9.47 Å². The van der Waals surface area contributed by atoms with Gasteiger partial charge in [-0.15, -0.1) is 0 Å². The molecule has 0 heterocycles. The predicted molar refractivity (Wildman–Crippen MR) is 86.7 cm³/mol. The molecule has 120 valence electrons. The summed E-state index contributed by atoms with van der Waals surface area (Å²) in [7, 11) is 0. The standard InChI is InChI=1S/C16H34N2O2/c1-4-7-8-9-10-11-16(17-12-14-19-5-2)18-13-15-20-6-3/h4-15H2,1-3H3,(H,17,18). The third kappa shape index (κ3) is 13.8. The molecule has 0 radical (unpaired) electrons. The van der Waals surface area contributed by atoms with E-state index in [9.17, 15) is 0 Å². The van der Waals surface area contributed by atoms with Crippen LogP contribution in [0.5, 0.6) is 0 Å². The third-order valence-electron chi connectivity index (χ3n) is 3.04. The highest BCUT2D eigenvalue weighted by molar-refractivity contribution is 5.82. The Morgan fingerprint density at radius 1 is 0.900 bits per heavy atom. The smallest absolute Gasteiger partial charge is 0.0964 e. The number of rotatable bonds is 14. The van der Waals surface area contributed by atoms with Crippen LogP contribution in [0.15, 0.2) is 4.99 Å². The largest absolute Gasteiger partial charge is 0.380 e. The maximum atomic E-state index is 5.34. The average Bonchev–Trinajstić information content (AvgIpc) is 2.47. The van der Waals surface area contributed by atoms with Crippen molar-refractivity contribution in [2.24, 2.45) is 4.99 Å². The van der Waals surface area contributed by atoms with Crippen LogP contribution in [-0.2, 0) is 9.47 Å². The second-order valence-corrected chi connectivity index (χ2v) is 4.81. The highest BCUT2D eigenvalue weighted by atomic mass is 16.5. The van der Waals surface area contributed by atoms with Gasteiger partial charge in [0, 0.05) is 26.2 Å². The van der Waals surface area contributed by atoms with Crippen molar-refractivity contribution >= 4 is 5.84 Å². The molecule has 0 aromatic heterocycles. The summed E-state index contributed by atoms with van der Waals surface area (Å²) in [6, 6.07) is 0. The first-order chi connectivity index (χ1) is 9.85. The molecule has 0 aromatic carbocycles. The zero-order valence-corrected chi connectivity index (χ0v) is 13.7. The van der Waals surface area contributed by atoms with E-state index in [0.29, 0.717) is 6.61 Å². The molecule has 0 spiro atoms. The van der Waals surface area contributed by atoms with E-state index in [0.717, 1.165) is 45.2 Å². The zero-order chi connectivity index (χ0) is 14.9. The molecule has 0 aromatic rings. The molecule has 1 N–H and O–H groups in total. The van der Waals surface area contributed by atoms with Crippen LogP contribution >= 0.6 is 0 Å². The van der Waals surface area contributed by atoms with Crippen molar-refractivity contribution in [3.05, 3.63) is 0 Å². The van der Waals surface area contributed by atoms with Crippen LogP contribution in [-0.4, -0.2) is 45.4 Å². The Morgan fingerprint density at radius 3 is 2.30 bits per heavy atom. The predicted octanol–water partition coefficient (Wildman–Crippen LogP) is 3.41. The molecule has 0 rings (SSSR count). The molecule has 0 saturated heterocycles.